The van der Waals surface area contributed by atoms with Crippen molar-refractivity contribution in [2.75, 3.05) is 19.6 Å². The molecule has 0 aliphatic carbocycles. The summed E-state index contributed by atoms with van der Waals surface area (Å²) in [6.07, 6.45) is 0.608. The van der Waals surface area contributed by atoms with Crippen LogP contribution in [0.25, 0.3) is 0 Å². The molecule has 1 aliphatic rings. The third-order valence-corrected chi connectivity index (χ3v) is 6.07. The van der Waals surface area contributed by atoms with E-state index in [4.69, 9.17) is 0 Å². The van der Waals surface area contributed by atoms with Gasteiger partial charge in [-0.2, -0.15) is 4.31 Å². The molecule has 1 heterocycles. The van der Waals surface area contributed by atoms with E-state index in [9.17, 15) is 13.2 Å². The second-order valence-electron chi connectivity index (χ2n) is 4.12. The van der Waals surface area contributed by atoms with Gasteiger partial charge in [-0.05, 0) is 40.5 Å². The van der Waals surface area contributed by atoms with Crippen molar-refractivity contribution >= 4 is 47.8 Å². The number of sulfonamides is 1. The Morgan fingerprint density at radius 1 is 1.26 bits per heavy atom. The van der Waals surface area contributed by atoms with E-state index in [1.807, 2.05) is 0 Å². The molecule has 2 rings (SSSR count). The van der Waals surface area contributed by atoms with E-state index in [0.717, 1.165) is 0 Å². The van der Waals surface area contributed by atoms with Crippen molar-refractivity contribution in [3.63, 3.8) is 0 Å². The SMILES string of the molecule is O=C1CN(S(=O)(=O)c2cc(Br)ccc2Br)CCCN1. The Labute approximate surface area is 128 Å². The number of amides is 1. The summed E-state index contributed by atoms with van der Waals surface area (Å²) >= 11 is 6.50. The number of benzene rings is 1. The Bertz CT molecular complexity index is 604. The highest BCUT2D eigenvalue weighted by molar-refractivity contribution is 9.11. The molecule has 1 aromatic carbocycles. The standard InChI is InChI=1S/C11H12Br2N2O3S/c12-8-2-3-9(13)10(6-8)19(17,18)15-5-1-4-14-11(16)7-15/h2-3,6H,1,4-5,7H2,(H,14,16). The first-order valence-electron chi connectivity index (χ1n) is 5.63. The molecule has 104 valence electrons. The smallest absolute Gasteiger partial charge is 0.244 e. The normalized spacial score (nSPS) is 17.9. The summed E-state index contributed by atoms with van der Waals surface area (Å²) in [5.41, 5.74) is 0. The maximum Gasteiger partial charge on any atom is 0.244 e. The van der Waals surface area contributed by atoms with Gasteiger partial charge in [-0.15, -0.1) is 0 Å². The lowest BCUT2D eigenvalue weighted by atomic mass is 10.4. The topological polar surface area (TPSA) is 66.5 Å². The van der Waals surface area contributed by atoms with E-state index >= 15 is 0 Å². The van der Waals surface area contributed by atoms with E-state index < -0.39 is 10.0 Å². The molecule has 1 aromatic rings. The van der Waals surface area contributed by atoms with Gasteiger partial charge in [0, 0.05) is 22.0 Å². The van der Waals surface area contributed by atoms with Crippen molar-refractivity contribution in [3.05, 3.63) is 27.1 Å². The van der Waals surface area contributed by atoms with Crippen LogP contribution in [-0.2, 0) is 14.8 Å². The molecule has 0 atom stereocenters. The van der Waals surface area contributed by atoms with Crippen LogP contribution in [0.1, 0.15) is 6.42 Å². The number of halogens is 2. The number of hydrogen-bond donors (Lipinski definition) is 1. The van der Waals surface area contributed by atoms with Crippen molar-refractivity contribution < 1.29 is 13.2 Å². The van der Waals surface area contributed by atoms with Crippen LogP contribution < -0.4 is 5.32 Å². The molecule has 1 amide bonds. The van der Waals surface area contributed by atoms with Gasteiger partial charge >= 0.3 is 0 Å². The van der Waals surface area contributed by atoms with Crippen LogP contribution in [0, 0.1) is 0 Å². The number of carbonyl (C=O) groups excluding carboxylic acids is 1. The summed E-state index contributed by atoms with van der Waals surface area (Å²) in [7, 11) is -3.68. The van der Waals surface area contributed by atoms with Crippen LogP contribution in [-0.4, -0.2) is 38.3 Å². The Morgan fingerprint density at radius 2 is 2.00 bits per heavy atom. The van der Waals surface area contributed by atoms with Crippen molar-refractivity contribution in [2.45, 2.75) is 11.3 Å². The van der Waals surface area contributed by atoms with Gasteiger partial charge in [0.2, 0.25) is 15.9 Å². The van der Waals surface area contributed by atoms with E-state index in [0.29, 0.717) is 28.5 Å². The van der Waals surface area contributed by atoms with Crippen molar-refractivity contribution in [1.82, 2.24) is 9.62 Å². The predicted octanol–water partition coefficient (Wildman–Crippen LogP) is 1.72. The average molecular weight is 412 g/mol. The fraction of sp³-hybridized carbons (Fsp3) is 0.364. The summed E-state index contributed by atoms with van der Waals surface area (Å²) in [5, 5.41) is 2.66. The first-order valence-corrected chi connectivity index (χ1v) is 8.66. The third-order valence-electron chi connectivity index (χ3n) is 2.74. The van der Waals surface area contributed by atoms with E-state index in [1.54, 1.807) is 12.1 Å². The molecule has 5 nitrogen and oxygen atoms in total. The minimum absolute atomic E-state index is 0.138. The monoisotopic (exact) mass is 410 g/mol. The Morgan fingerprint density at radius 3 is 2.74 bits per heavy atom. The molecule has 8 heteroatoms. The van der Waals surface area contributed by atoms with Crippen molar-refractivity contribution in [2.24, 2.45) is 0 Å². The molecule has 0 aromatic heterocycles. The average Bonchev–Trinajstić information content (AvgIpc) is 2.57. The second kappa shape index (κ2) is 5.90. The molecule has 0 spiro atoms. The molecule has 0 radical (unpaired) electrons. The molecule has 1 aliphatic heterocycles. The van der Waals surface area contributed by atoms with E-state index in [-0.39, 0.29) is 17.3 Å². The van der Waals surface area contributed by atoms with Gasteiger partial charge in [0.1, 0.15) is 0 Å². The molecule has 1 saturated heterocycles. The second-order valence-corrected chi connectivity index (χ2v) is 7.79. The van der Waals surface area contributed by atoms with E-state index in [1.165, 1.54) is 10.4 Å². The van der Waals surface area contributed by atoms with Crippen LogP contribution in [0.5, 0.6) is 0 Å². The van der Waals surface area contributed by atoms with Crippen LogP contribution in [0.15, 0.2) is 32.0 Å². The van der Waals surface area contributed by atoms with Gasteiger partial charge in [-0.1, -0.05) is 15.9 Å². The third kappa shape index (κ3) is 3.36. The molecular weight excluding hydrogens is 400 g/mol. The van der Waals surface area contributed by atoms with Gasteiger partial charge < -0.3 is 5.32 Å². The zero-order valence-electron chi connectivity index (χ0n) is 9.90. The Hall–Kier alpha value is -0.440. The van der Waals surface area contributed by atoms with E-state index in [2.05, 4.69) is 37.2 Å². The van der Waals surface area contributed by atoms with Gasteiger partial charge in [-0.3, -0.25) is 4.79 Å². The zero-order valence-corrected chi connectivity index (χ0v) is 13.9. The Balaban J connectivity index is 2.40. The summed E-state index contributed by atoms with van der Waals surface area (Å²) in [6.45, 7) is 0.700. The number of rotatable bonds is 2. The number of nitrogens with one attached hydrogen (secondary N) is 1. The molecule has 1 N–H and O–H groups in total. The fourth-order valence-electron chi connectivity index (χ4n) is 1.80. The van der Waals surface area contributed by atoms with Gasteiger partial charge in [0.25, 0.3) is 0 Å². The quantitative estimate of drug-likeness (QED) is 0.805. The molecule has 0 unspecified atom stereocenters. The minimum Gasteiger partial charge on any atom is -0.355 e. The van der Waals surface area contributed by atoms with Crippen LogP contribution in [0.4, 0.5) is 0 Å². The van der Waals surface area contributed by atoms with Crippen LogP contribution in [0.2, 0.25) is 0 Å². The highest BCUT2D eigenvalue weighted by Crippen LogP contribution is 2.28. The zero-order chi connectivity index (χ0) is 14.0. The summed E-state index contributed by atoms with van der Waals surface area (Å²) in [4.78, 5) is 11.6. The summed E-state index contributed by atoms with van der Waals surface area (Å²) < 4.78 is 27.5. The largest absolute Gasteiger partial charge is 0.355 e. The number of hydrogen-bond acceptors (Lipinski definition) is 3. The highest BCUT2D eigenvalue weighted by Gasteiger charge is 2.29. The first-order chi connectivity index (χ1) is 8.91. The maximum atomic E-state index is 12.6. The predicted molar refractivity (Wildman–Crippen MR) is 78.2 cm³/mol. The van der Waals surface area contributed by atoms with Gasteiger partial charge in [0.05, 0.1) is 11.4 Å². The molecule has 0 saturated carbocycles. The highest BCUT2D eigenvalue weighted by atomic mass is 79.9. The van der Waals surface area contributed by atoms with Crippen molar-refractivity contribution in [3.8, 4) is 0 Å². The maximum absolute atomic E-state index is 12.6. The van der Waals surface area contributed by atoms with Gasteiger partial charge in [0.15, 0.2) is 0 Å². The van der Waals surface area contributed by atoms with Crippen LogP contribution >= 0.6 is 31.9 Å². The lowest BCUT2D eigenvalue weighted by Gasteiger charge is -2.19. The van der Waals surface area contributed by atoms with Gasteiger partial charge in [-0.25, -0.2) is 8.42 Å². The first kappa shape index (κ1) is 15.0. The lowest BCUT2D eigenvalue weighted by molar-refractivity contribution is -0.120. The number of carbonyl (C=O) groups is 1. The molecular formula is C11H12Br2N2O3S. The minimum atomic E-state index is -3.68. The molecule has 19 heavy (non-hydrogen) atoms. The molecule has 0 bridgehead atoms. The summed E-state index contributed by atoms with van der Waals surface area (Å²) in [5.74, 6) is -0.271. The summed E-state index contributed by atoms with van der Waals surface area (Å²) in [6, 6.07) is 4.94. The Kier molecular flexibility index (Phi) is 4.65. The fourth-order valence-corrected chi connectivity index (χ4v) is 4.70. The van der Waals surface area contributed by atoms with Crippen molar-refractivity contribution in [1.29, 1.82) is 0 Å². The lowest BCUT2D eigenvalue weighted by Crippen LogP contribution is -2.37. The number of nitrogens with zero attached hydrogens (tertiary/aromatic N) is 1. The van der Waals surface area contributed by atoms with Crippen LogP contribution in [0.3, 0.4) is 0 Å². The molecule has 1 fully saturated rings.